The van der Waals surface area contributed by atoms with Gasteiger partial charge in [0.25, 0.3) is 0 Å². The van der Waals surface area contributed by atoms with Crippen molar-refractivity contribution in [3.8, 4) is 11.5 Å². The monoisotopic (exact) mass is 460 g/mol. The molecule has 0 aliphatic rings. The van der Waals surface area contributed by atoms with Crippen LogP contribution in [0, 0.1) is 0 Å². The first kappa shape index (κ1) is 22.3. The normalized spacial score (nSPS) is 13.2. The number of benzene rings is 4. The maximum atomic E-state index is 6.76. The first-order valence-electron chi connectivity index (χ1n) is 10.4. The number of nitrogens with one attached hydrogen (secondary N) is 1. The lowest BCUT2D eigenvalue weighted by atomic mass is 9.95. The van der Waals surface area contributed by atoms with Crippen molar-refractivity contribution >= 4 is 18.4 Å². The van der Waals surface area contributed by atoms with Crippen molar-refractivity contribution in [1.29, 1.82) is 0 Å². The van der Waals surface area contributed by atoms with E-state index in [0.29, 0.717) is 11.5 Å². The van der Waals surface area contributed by atoms with Crippen LogP contribution in [-0.2, 0) is 11.8 Å². The molecule has 2 atom stereocenters. The smallest absolute Gasteiger partial charge is 0.365 e. The minimum absolute atomic E-state index is 0.322. The van der Waals surface area contributed by atoms with E-state index in [1.165, 1.54) is 0 Å². The molecule has 4 aromatic carbocycles. The first-order chi connectivity index (χ1) is 15.6. The van der Waals surface area contributed by atoms with Gasteiger partial charge in [0, 0.05) is 17.8 Å². The molecule has 0 saturated heterocycles. The molecule has 6 heteroatoms. The Balaban J connectivity index is 1.71. The summed E-state index contributed by atoms with van der Waals surface area (Å²) in [6.45, 7) is -3.06. The molecule has 0 saturated carbocycles. The van der Waals surface area contributed by atoms with Crippen LogP contribution in [0.15, 0.2) is 121 Å². The van der Waals surface area contributed by atoms with Crippen LogP contribution in [0.5, 0.6) is 11.5 Å². The maximum absolute atomic E-state index is 6.76. The summed E-state index contributed by atoms with van der Waals surface area (Å²) in [5, 5.41) is 3.50. The predicted molar refractivity (Wildman–Crippen MR) is 134 cm³/mol. The Bertz CT molecular complexity index is 1100. The molecule has 162 valence electrons. The third-order valence-electron chi connectivity index (χ3n) is 4.94. The Kier molecular flexibility index (Phi) is 7.35. The predicted octanol–water partition coefficient (Wildman–Crippen LogP) is 6.40. The molecule has 0 radical (unpaired) electrons. The number of hydrogen-bond donors (Lipinski definition) is 2. The Hall–Kier alpha value is -2.95. The van der Waals surface area contributed by atoms with E-state index in [1.54, 1.807) is 0 Å². The van der Waals surface area contributed by atoms with Crippen molar-refractivity contribution in [3.05, 3.63) is 132 Å². The van der Waals surface area contributed by atoms with Gasteiger partial charge in [-0.05, 0) is 35.4 Å². The van der Waals surface area contributed by atoms with Crippen molar-refractivity contribution in [1.82, 2.24) is 5.09 Å². The van der Waals surface area contributed by atoms with E-state index in [0.717, 1.165) is 11.1 Å². The van der Waals surface area contributed by atoms with Crippen molar-refractivity contribution in [3.63, 3.8) is 0 Å². The van der Waals surface area contributed by atoms with Crippen molar-refractivity contribution in [2.75, 3.05) is 0 Å². The molecular weight excluding hydrogens is 435 g/mol. The van der Waals surface area contributed by atoms with Gasteiger partial charge in [0.2, 0.25) is 0 Å². The quantitative estimate of drug-likeness (QED) is 0.283. The lowest BCUT2D eigenvalue weighted by Gasteiger charge is -2.32. The lowest BCUT2D eigenvalue weighted by Crippen LogP contribution is -2.32. The highest BCUT2D eigenvalue weighted by Crippen LogP contribution is 2.48. The molecule has 0 heterocycles. The average molecular weight is 461 g/mol. The molecule has 32 heavy (non-hydrogen) atoms. The van der Waals surface area contributed by atoms with Crippen LogP contribution in [0.2, 0.25) is 0 Å². The number of hydrogen-bond acceptors (Lipinski definition) is 4. The first-order valence-corrected chi connectivity index (χ1v) is 13.0. The lowest BCUT2D eigenvalue weighted by molar-refractivity contribution is 0.434. The topological polar surface area (TPSA) is 56.5 Å². The van der Waals surface area contributed by atoms with Gasteiger partial charge in [-0.1, -0.05) is 97.1 Å². The van der Waals surface area contributed by atoms with Gasteiger partial charge in [-0.15, -0.1) is 0 Å². The number of nitrogens with two attached hydrogens (primary N) is 1. The van der Waals surface area contributed by atoms with Gasteiger partial charge in [0.1, 0.15) is 11.5 Å². The number of rotatable bonds is 9. The average Bonchev–Trinajstić information content (AvgIpc) is 2.84. The van der Waals surface area contributed by atoms with E-state index < -0.39 is 6.64 Å². The molecule has 0 aliphatic heterocycles. The molecule has 4 rings (SSSR count). The second kappa shape index (κ2) is 10.6. The Morgan fingerprint density at radius 3 is 1.41 bits per heavy atom. The zero-order valence-electron chi connectivity index (χ0n) is 17.5. The van der Waals surface area contributed by atoms with Crippen molar-refractivity contribution in [2.24, 2.45) is 5.73 Å². The Morgan fingerprint density at radius 1 is 0.594 bits per heavy atom. The highest BCUT2D eigenvalue weighted by atomic mass is 32.5. The molecule has 3 N–H and O–H groups in total. The Morgan fingerprint density at radius 2 is 0.969 bits per heavy atom. The van der Waals surface area contributed by atoms with Crippen molar-refractivity contribution < 1.29 is 9.05 Å². The third kappa shape index (κ3) is 5.84. The maximum Gasteiger partial charge on any atom is 0.365 e. The fourth-order valence-electron chi connectivity index (χ4n) is 3.37. The largest absolute Gasteiger partial charge is 0.425 e. The molecule has 0 fully saturated rings. The summed E-state index contributed by atoms with van der Waals surface area (Å²) in [5.74, 6) is 1.28. The van der Waals surface area contributed by atoms with Gasteiger partial charge in [-0.3, -0.25) is 0 Å². The van der Waals surface area contributed by atoms with E-state index in [1.807, 2.05) is 121 Å². The SMILES string of the molecule is N[C@H](c1ccccc1)[C@H](NP(=S)(Oc1ccccc1)Oc1ccccc1)c1ccccc1. The standard InChI is InChI=1S/C26H25N2O2PS/c27-25(21-13-5-1-6-14-21)26(22-15-7-2-8-16-22)28-31(32,29-23-17-9-3-10-18-23)30-24-19-11-4-12-20-24/h1-20,25-26H,27H2,(H,28,32)/t25-,26-/m1/s1. The summed E-state index contributed by atoms with van der Waals surface area (Å²) in [7, 11) is 0. The third-order valence-corrected chi connectivity index (χ3v) is 7.20. The zero-order valence-corrected chi connectivity index (χ0v) is 19.2. The van der Waals surface area contributed by atoms with Gasteiger partial charge in [0.15, 0.2) is 0 Å². The van der Waals surface area contributed by atoms with Crippen LogP contribution < -0.4 is 19.9 Å². The van der Waals surface area contributed by atoms with Gasteiger partial charge in [-0.2, -0.15) is 0 Å². The second-order valence-corrected chi connectivity index (χ2v) is 10.3. The summed E-state index contributed by atoms with van der Waals surface area (Å²) >= 11 is 6.01. The molecular formula is C26H25N2O2PS. The van der Waals surface area contributed by atoms with Crippen LogP contribution >= 0.6 is 6.64 Å². The fourth-order valence-corrected chi connectivity index (χ4v) is 5.82. The molecule has 4 aromatic rings. The van der Waals surface area contributed by atoms with Crippen LogP contribution in [0.1, 0.15) is 23.2 Å². The summed E-state index contributed by atoms with van der Waals surface area (Å²) in [5.41, 5.74) is 8.76. The van der Waals surface area contributed by atoms with Gasteiger partial charge in [0.05, 0.1) is 6.04 Å². The molecule has 0 aliphatic carbocycles. The molecule has 0 amide bonds. The van der Waals surface area contributed by atoms with Crippen LogP contribution in [-0.4, -0.2) is 0 Å². The molecule has 0 aromatic heterocycles. The molecule has 4 nitrogen and oxygen atoms in total. The summed E-state index contributed by atoms with van der Waals surface area (Å²) < 4.78 is 12.6. The number of para-hydroxylation sites is 2. The molecule has 0 bridgehead atoms. The van der Waals surface area contributed by atoms with Gasteiger partial charge >= 0.3 is 6.64 Å². The zero-order chi connectivity index (χ0) is 22.2. The van der Waals surface area contributed by atoms with E-state index in [9.17, 15) is 0 Å². The summed E-state index contributed by atoms with van der Waals surface area (Å²) in [6.07, 6.45) is 0. The molecule has 0 spiro atoms. The Labute approximate surface area is 194 Å². The van der Waals surface area contributed by atoms with E-state index in [2.05, 4.69) is 5.09 Å². The van der Waals surface area contributed by atoms with Crippen LogP contribution in [0.4, 0.5) is 0 Å². The van der Waals surface area contributed by atoms with E-state index in [4.69, 9.17) is 26.6 Å². The molecule has 0 unspecified atom stereocenters. The summed E-state index contributed by atoms with van der Waals surface area (Å²) in [4.78, 5) is 0. The fraction of sp³-hybridized carbons (Fsp3) is 0.0769. The highest BCUT2D eigenvalue weighted by molar-refractivity contribution is 8.09. The minimum atomic E-state index is -3.06. The van der Waals surface area contributed by atoms with E-state index in [-0.39, 0.29) is 12.1 Å². The van der Waals surface area contributed by atoms with Gasteiger partial charge < -0.3 is 14.8 Å². The van der Waals surface area contributed by atoms with Crippen LogP contribution in [0.3, 0.4) is 0 Å². The minimum Gasteiger partial charge on any atom is -0.425 e. The van der Waals surface area contributed by atoms with Gasteiger partial charge in [-0.25, -0.2) is 5.09 Å². The summed E-state index contributed by atoms with van der Waals surface area (Å²) in [6, 6.07) is 38.2. The highest BCUT2D eigenvalue weighted by Gasteiger charge is 2.32. The van der Waals surface area contributed by atoms with Crippen molar-refractivity contribution in [2.45, 2.75) is 12.1 Å². The second-order valence-electron chi connectivity index (χ2n) is 7.26. The van der Waals surface area contributed by atoms with E-state index >= 15 is 0 Å². The van der Waals surface area contributed by atoms with Crippen LogP contribution in [0.25, 0.3) is 0 Å².